The number of nitrogens with one attached hydrogen (secondary N) is 1. The van der Waals surface area contributed by atoms with Crippen LogP contribution < -0.4 is 10.2 Å². The van der Waals surface area contributed by atoms with Crippen molar-refractivity contribution in [3.05, 3.63) is 29.5 Å². The van der Waals surface area contributed by atoms with Crippen molar-refractivity contribution in [2.75, 3.05) is 30.9 Å². The van der Waals surface area contributed by atoms with Crippen LogP contribution in [0.25, 0.3) is 11.1 Å². The number of hydrogen-bond donors (Lipinski definition) is 2. The van der Waals surface area contributed by atoms with Crippen molar-refractivity contribution in [1.82, 2.24) is 9.97 Å². The SMILES string of the molecule is CNc1nc(O)c(-c2ccc3c(c2)C2(CCCC2)CN3C)c(C2CC2)n1. The van der Waals surface area contributed by atoms with Gasteiger partial charge in [-0.1, -0.05) is 18.9 Å². The normalized spacial score (nSPS) is 20.6. The standard InChI is InChI=1S/C21H26N4O/c1-22-20-23-18(13-5-6-13)17(19(26)24-20)14-7-8-16-15(11-14)21(12-25(16)2)9-3-4-10-21/h7-8,11,13H,3-6,9-10,12H2,1-2H3,(H2,22,23,24,26). The molecule has 1 aromatic carbocycles. The van der Waals surface area contributed by atoms with E-state index in [-0.39, 0.29) is 5.88 Å². The summed E-state index contributed by atoms with van der Waals surface area (Å²) in [4.78, 5) is 11.4. The molecule has 5 rings (SSSR count). The molecule has 2 fully saturated rings. The van der Waals surface area contributed by atoms with Crippen LogP contribution in [-0.4, -0.2) is 35.7 Å². The van der Waals surface area contributed by atoms with Gasteiger partial charge in [0.1, 0.15) is 0 Å². The van der Waals surface area contributed by atoms with E-state index in [0.29, 0.717) is 17.3 Å². The van der Waals surface area contributed by atoms with Crippen molar-refractivity contribution in [3.63, 3.8) is 0 Å². The zero-order valence-corrected chi connectivity index (χ0v) is 15.5. The molecule has 0 saturated heterocycles. The molecule has 26 heavy (non-hydrogen) atoms. The second-order valence-electron chi connectivity index (χ2n) is 8.23. The molecule has 136 valence electrons. The third-order valence-corrected chi connectivity index (χ3v) is 6.47. The quantitative estimate of drug-likeness (QED) is 0.875. The van der Waals surface area contributed by atoms with Crippen molar-refractivity contribution in [2.24, 2.45) is 0 Å². The third-order valence-electron chi connectivity index (χ3n) is 6.47. The molecular formula is C21H26N4O. The average Bonchev–Trinajstić information content (AvgIpc) is 3.33. The van der Waals surface area contributed by atoms with Crippen molar-refractivity contribution in [2.45, 2.75) is 49.9 Å². The van der Waals surface area contributed by atoms with Gasteiger partial charge in [-0.25, -0.2) is 4.98 Å². The molecule has 5 nitrogen and oxygen atoms in total. The molecular weight excluding hydrogens is 324 g/mol. The van der Waals surface area contributed by atoms with Crippen molar-refractivity contribution >= 4 is 11.6 Å². The number of aromatic nitrogens is 2. The molecule has 5 heteroatoms. The van der Waals surface area contributed by atoms with Crippen LogP contribution in [0.15, 0.2) is 18.2 Å². The predicted octanol–water partition coefficient (Wildman–Crippen LogP) is 4.03. The molecule has 2 saturated carbocycles. The lowest BCUT2D eigenvalue weighted by Gasteiger charge is -2.24. The van der Waals surface area contributed by atoms with E-state index in [1.807, 2.05) is 0 Å². The molecule has 0 amide bonds. The highest BCUT2D eigenvalue weighted by molar-refractivity contribution is 5.77. The Hall–Kier alpha value is -2.30. The first-order valence-corrected chi connectivity index (χ1v) is 9.76. The Kier molecular flexibility index (Phi) is 3.43. The largest absolute Gasteiger partial charge is 0.493 e. The average molecular weight is 350 g/mol. The van der Waals surface area contributed by atoms with Crippen molar-refractivity contribution in [1.29, 1.82) is 0 Å². The molecule has 2 heterocycles. The number of fused-ring (bicyclic) bond motifs is 2. The van der Waals surface area contributed by atoms with Gasteiger partial charge in [0.05, 0.1) is 11.3 Å². The van der Waals surface area contributed by atoms with Crippen LogP contribution in [0.3, 0.4) is 0 Å². The molecule has 2 aliphatic carbocycles. The first-order chi connectivity index (χ1) is 12.6. The lowest BCUT2D eigenvalue weighted by atomic mass is 9.80. The van der Waals surface area contributed by atoms with Crippen LogP contribution in [0.1, 0.15) is 55.7 Å². The number of benzene rings is 1. The summed E-state index contributed by atoms with van der Waals surface area (Å²) < 4.78 is 0. The van der Waals surface area contributed by atoms with Crippen LogP contribution in [0.4, 0.5) is 11.6 Å². The van der Waals surface area contributed by atoms with Gasteiger partial charge in [0.25, 0.3) is 0 Å². The lowest BCUT2D eigenvalue weighted by molar-refractivity contribution is 0.454. The van der Waals surface area contributed by atoms with Crippen LogP contribution in [0.5, 0.6) is 5.88 Å². The molecule has 0 radical (unpaired) electrons. The van der Waals surface area contributed by atoms with E-state index in [1.54, 1.807) is 7.05 Å². The Morgan fingerprint density at radius 2 is 1.96 bits per heavy atom. The third kappa shape index (κ3) is 2.29. The van der Waals surface area contributed by atoms with E-state index in [2.05, 4.69) is 40.4 Å². The maximum atomic E-state index is 10.7. The predicted molar refractivity (Wildman–Crippen MR) is 104 cm³/mol. The van der Waals surface area contributed by atoms with Crippen LogP contribution in [0.2, 0.25) is 0 Å². The van der Waals surface area contributed by atoms with Crippen LogP contribution in [-0.2, 0) is 5.41 Å². The van der Waals surface area contributed by atoms with E-state index in [4.69, 9.17) is 4.98 Å². The number of aromatic hydroxyl groups is 1. The van der Waals surface area contributed by atoms with E-state index in [0.717, 1.165) is 36.2 Å². The van der Waals surface area contributed by atoms with Gasteiger partial charge in [-0.05, 0) is 48.9 Å². The van der Waals surface area contributed by atoms with E-state index in [9.17, 15) is 5.11 Å². The summed E-state index contributed by atoms with van der Waals surface area (Å²) in [6.45, 7) is 1.11. The second-order valence-corrected chi connectivity index (χ2v) is 8.23. The van der Waals surface area contributed by atoms with E-state index >= 15 is 0 Å². The van der Waals surface area contributed by atoms with Crippen LogP contribution in [0, 0.1) is 0 Å². The number of likely N-dealkylation sites (N-methyl/N-ethyl adjacent to an activating group) is 1. The van der Waals surface area contributed by atoms with Gasteiger partial charge < -0.3 is 15.3 Å². The van der Waals surface area contributed by atoms with Crippen molar-refractivity contribution in [3.8, 4) is 17.0 Å². The minimum Gasteiger partial charge on any atom is -0.493 e. The van der Waals surface area contributed by atoms with Gasteiger partial charge in [0, 0.05) is 37.7 Å². The van der Waals surface area contributed by atoms with Crippen molar-refractivity contribution < 1.29 is 5.11 Å². The van der Waals surface area contributed by atoms with E-state index < -0.39 is 0 Å². The number of anilines is 2. The van der Waals surface area contributed by atoms with Gasteiger partial charge in [-0.3, -0.25) is 0 Å². The van der Waals surface area contributed by atoms with Gasteiger partial charge in [-0.15, -0.1) is 0 Å². The fraction of sp³-hybridized carbons (Fsp3) is 0.524. The Morgan fingerprint density at radius 3 is 2.65 bits per heavy atom. The molecule has 0 bridgehead atoms. The lowest BCUT2D eigenvalue weighted by Crippen LogP contribution is -2.28. The number of nitrogens with zero attached hydrogens (tertiary/aromatic N) is 3. The summed E-state index contributed by atoms with van der Waals surface area (Å²) in [5.74, 6) is 1.04. The second kappa shape index (κ2) is 5.60. The highest BCUT2D eigenvalue weighted by Gasteiger charge is 2.43. The first kappa shape index (κ1) is 15.9. The summed E-state index contributed by atoms with van der Waals surface area (Å²) in [5, 5.41) is 13.7. The smallest absolute Gasteiger partial charge is 0.225 e. The minimum absolute atomic E-state index is 0.0954. The van der Waals surface area contributed by atoms with Crippen LogP contribution >= 0.6 is 0 Å². The Balaban J connectivity index is 1.67. The number of hydrogen-bond acceptors (Lipinski definition) is 5. The fourth-order valence-corrected chi connectivity index (χ4v) is 5.06. The van der Waals surface area contributed by atoms with E-state index in [1.165, 1.54) is 36.9 Å². The topological polar surface area (TPSA) is 61.3 Å². The molecule has 2 aromatic rings. The minimum atomic E-state index is 0.0954. The van der Waals surface area contributed by atoms with Gasteiger partial charge in [0.2, 0.25) is 11.8 Å². The summed E-state index contributed by atoms with van der Waals surface area (Å²) in [6.07, 6.45) is 7.45. The maximum absolute atomic E-state index is 10.7. The highest BCUT2D eigenvalue weighted by Crippen LogP contribution is 2.52. The highest BCUT2D eigenvalue weighted by atomic mass is 16.3. The summed E-state index contributed by atoms with van der Waals surface area (Å²) in [7, 11) is 3.99. The Morgan fingerprint density at radius 1 is 1.19 bits per heavy atom. The molecule has 0 atom stereocenters. The molecule has 1 aliphatic heterocycles. The first-order valence-electron chi connectivity index (χ1n) is 9.76. The molecule has 1 aromatic heterocycles. The Labute approximate surface area is 154 Å². The summed E-state index contributed by atoms with van der Waals surface area (Å²) >= 11 is 0. The Bertz CT molecular complexity index is 869. The van der Waals surface area contributed by atoms with Gasteiger partial charge in [-0.2, -0.15) is 4.98 Å². The monoisotopic (exact) mass is 350 g/mol. The molecule has 1 spiro atoms. The fourth-order valence-electron chi connectivity index (χ4n) is 5.06. The molecule has 3 aliphatic rings. The maximum Gasteiger partial charge on any atom is 0.225 e. The van der Waals surface area contributed by atoms with Gasteiger partial charge in [0.15, 0.2) is 0 Å². The number of rotatable bonds is 3. The zero-order valence-electron chi connectivity index (χ0n) is 15.5. The summed E-state index contributed by atoms with van der Waals surface area (Å²) in [6, 6.07) is 6.67. The van der Waals surface area contributed by atoms with Gasteiger partial charge >= 0.3 is 0 Å². The summed E-state index contributed by atoms with van der Waals surface area (Å²) in [5.41, 5.74) is 5.98. The molecule has 2 N–H and O–H groups in total. The molecule has 0 unspecified atom stereocenters. The zero-order chi connectivity index (χ0) is 17.9.